The lowest BCUT2D eigenvalue weighted by molar-refractivity contribution is 0.437. The molecule has 0 aliphatic carbocycles. The maximum absolute atomic E-state index is 8.82. The molecule has 6 nitrogen and oxygen atoms in total. The van der Waals surface area contributed by atoms with Gasteiger partial charge in [0, 0.05) is 10.2 Å². The minimum atomic E-state index is 0.124. The first kappa shape index (κ1) is 17.1. The Kier molecular flexibility index (Phi) is 5.12. The third-order valence-electron chi connectivity index (χ3n) is 3.21. The second-order valence-corrected chi connectivity index (χ2v) is 6.36. The molecule has 1 aromatic heterocycles. The maximum atomic E-state index is 8.82. The normalized spacial score (nSPS) is 10.2. The lowest BCUT2D eigenvalue weighted by Gasteiger charge is -2.10. The van der Waals surface area contributed by atoms with Gasteiger partial charge < -0.3 is 10.1 Å². The lowest BCUT2D eigenvalue weighted by Crippen LogP contribution is -2.01. The highest BCUT2D eigenvalue weighted by atomic mass is 79.9. The quantitative estimate of drug-likeness (QED) is 0.644. The van der Waals surface area contributed by atoms with Crippen molar-refractivity contribution in [2.45, 2.75) is 6.92 Å². The molecule has 0 atom stereocenters. The van der Waals surface area contributed by atoms with E-state index in [1.54, 1.807) is 30.3 Å². The Bertz CT molecular complexity index is 933. The lowest BCUT2D eigenvalue weighted by atomic mass is 10.2. The van der Waals surface area contributed by atoms with E-state index in [4.69, 9.17) is 21.6 Å². The summed E-state index contributed by atoms with van der Waals surface area (Å²) in [6, 6.07) is 12.7. The molecule has 0 spiro atoms. The molecule has 0 aliphatic rings. The first-order chi connectivity index (χ1) is 12.0. The molecule has 0 aliphatic heterocycles. The van der Waals surface area contributed by atoms with Gasteiger partial charge in [-0.1, -0.05) is 27.5 Å². The fourth-order valence-corrected chi connectivity index (χ4v) is 3.07. The summed E-state index contributed by atoms with van der Waals surface area (Å²) in [5.41, 5.74) is 2.17. The fourth-order valence-electron chi connectivity index (χ4n) is 2.06. The number of hydrogen-bond donors (Lipinski definition) is 1. The summed E-state index contributed by atoms with van der Waals surface area (Å²) in [7, 11) is 0. The second-order valence-electron chi connectivity index (χ2n) is 5.04. The van der Waals surface area contributed by atoms with Crippen LogP contribution in [-0.2, 0) is 0 Å². The van der Waals surface area contributed by atoms with E-state index < -0.39 is 0 Å². The molecule has 0 amide bonds. The minimum absolute atomic E-state index is 0.124. The Morgan fingerprint density at radius 3 is 2.64 bits per heavy atom. The van der Waals surface area contributed by atoms with E-state index in [-0.39, 0.29) is 6.01 Å². The average Bonchev–Trinajstić information content (AvgIpc) is 2.59. The Morgan fingerprint density at radius 1 is 1.20 bits per heavy atom. The summed E-state index contributed by atoms with van der Waals surface area (Å²) < 4.78 is 6.57. The van der Waals surface area contributed by atoms with Crippen LogP contribution in [0, 0.1) is 18.3 Å². The number of aryl methyl sites for hydroxylation is 1. The molecular formula is C17H11BrClN5O. The molecule has 1 heterocycles. The largest absolute Gasteiger partial charge is 0.422 e. The van der Waals surface area contributed by atoms with Gasteiger partial charge >= 0.3 is 6.01 Å². The van der Waals surface area contributed by atoms with Crippen LogP contribution >= 0.6 is 27.5 Å². The van der Waals surface area contributed by atoms with E-state index in [1.807, 2.05) is 13.0 Å². The van der Waals surface area contributed by atoms with Crippen LogP contribution in [0.2, 0.25) is 5.02 Å². The molecule has 1 N–H and O–H groups in total. The predicted octanol–water partition coefficient (Wildman–Crippen LogP) is 5.00. The van der Waals surface area contributed by atoms with Crippen LogP contribution < -0.4 is 10.1 Å². The monoisotopic (exact) mass is 415 g/mol. The van der Waals surface area contributed by atoms with Gasteiger partial charge in [0.1, 0.15) is 6.33 Å². The van der Waals surface area contributed by atoms with Crippen LogP contribution in [0.15, 0.2) is 47.2 Å². The van der Waals surface area contributed by atoms with Crippen LogP contribution in [0.1, 0.15) is 11.1 Å². The zero-order valence-corrected chi connectivity index (χ0v) is 15.3. The number of nitrogens with one attached hydrogen (secondary N) is 1. The number of nitriles is 1. The zero-order valence-electron chi connectivity index (χ0n) is 13.0. The first-order valence-corrected chi connectivity index (χ1v) is 8.32. The van der Waals surface area contributed by atoms with Gasteiger partial charge in [0.25, 0.3) is 0 Å². The average molecular weight is 417 g/mol. The molecule has 0 fully saturated rings. The highest BCUT2D eigenvalue weighted by Crippen LogP contribution is 2.34. The maximum Gasteiger partial charge on any atom is 0.326 e. The summed E-state index contributed by atoms with van der Waals surface area (Å²) in [6.07, 6.45) is 1.34. The van der Waals surface area contributed by atoms with Crippen LogP contribution in [-0.4, -0.2) is 15.0 Å². The predicted molar refractivity (Wildman–Crippen MR) is 98.2 cm³/mol. The Balaban J connectivity index is 1.81. The van der Waals surface area contributed by atoms with Gasteiger partial charge in [-0.25, -0.2) is 4.98 Å². The summed E-state index contributed by atoms with van der Waals surface area (Å²) in [5, 5.41) is 12.3. The molecule has 3 rings (SSSR count). The first-order valence-electron chi connectivity index (χ1n) is 7.15. The van der Waals surface area contributed by atoms with E-state index in [0.717, 1.165) is 15.7 Å². The van der Waals surface area contributed by atoms with E-state index in [1.165, 1.54) is 6.33 Å². The number of halogens is 2. The van der Waals surface area contributed by atoms with E-state index in [9.17, 15) is 0 Å². The highest BCUT2D eigenvalue weighted by Gasteiger charge is 2.11. The van der Waals surface area contributed by atoms with E-state index >= 15 is 0 Å². The number of benzene rings is 2. The third-order valence-corrected chi connectivity index (χ3v) is 3.95. The van der Waals surface area contributed by atoms with E-state index in [0.29, 0.717) is 22.3 Å². The molecule has 124 valence electrons. The summed E-state index contributed by atoms with van der Waals surface area (Å²) in [6.45, 7) is 1.88. The molecule has 0 bridgehead atoms. The zero-order chi connectivity index (χ0) is 17.8. The van der Waals surface area contributed by atoms with Crippen molar-refractivity contribution < 1.29 is 4.74 Å². The van der Waals surface area contributed by atoms with Crippen molar-refractivity contribution in [3.05, 3.63) is 63.3 Å². The Morgan fingerprint density at radius 2 is 1.96 bits per heavy atom. The molecule has 0 saturated carbocycles. The Hall–Kier alpha value is -2.69. The van der Waals surface area contributed by atoms with Crippen molar-refractivity contribution >= 4 is 39.2 Å². The molecule has 3 aromatic rings. The number of nitrogens with zero attached hydrogens (tertiary/aromatic N) is 4. The summed E-state index contributed by atoms with van der Waals surface area (Å²) >= 11 is 9.59. The van der Waals surface area contributed by atoms with Gasteiger partial charge in [0.2, 0.25) is 5.95 Å². The van der Waals surface area contributed by atoms with Gasteiger partial charge in [-0.3, -0.25) is 0 Å². The third kappa shape index (κ3) is 4.24. The number of aromatic nitrogens is 3. The van der Waals surface area contributed by atoms with Crippen molar-refractivity contribution in [1.29, 1.82) is 5.26 Å². The molecule has 0 radical (unpaired) electrons. The smallest absolute Gasteiger partial charge is 0.326 e. The second kappa shape index (κ2) is 7.47. The number of hydrogen-bond acceptors (Lipinski definition) is 6. The van der Waals surface area contributed by atoms with Gasteiger partial charge in [0.05, 0.1) is 16.7 Å². The van der Waals surface area contributed by atoms with Crippen molar-refractivity contribution in [2.24, 2.45) is 0 Å². The van der Waals surface area contributed by atoms with E-state index in [2.05, 4.69) is 42.3 Å². The molecule has 8 heteroatoms. The van der Waals surface area contributed by atoms with Crippen molar-refractivity contribution in [3.8, 4) is 17.8 Å². The summed E-state index contributed by atoms with van der Waals surface area (Å²) in [4.78, 5) is 12.3. The summed E-state index contributed by atoms with van der Waals surface area (Å²) in [5.74, 6) is 0.806. The topological polar surface area (TPSA) is 83.7 Å². The van der Waals surface area contributed by atoms with Crippen molar-refractivity contribution in [2.75, 3.05) is 5.32 Å². The number of ether oxygens (including phenoxy) is 1. The van der Waals surface area contributed by atoms with Crippen LogP contribution in [0.3, 0.4) is 0 Å². The highest BCUT2D eigenvalue weighted by molar-refractivity contribution is 9.10. The van der Waals surface area contributed by atoms with Gasteiger partial charge in [-0.05, 0) is 48.9 Å². The van der Waals surface area contributed by atoms with Crippen molar-refractivity contribution in [1.82, 2.24) is 15.0 Å². The number of rotatable bonds is 4. The van der Waals surface area contributed by atoms with Gasteiger partial charge in [0.15, 0.2) is 5.75 Å². The molecule has 2 aromatic carbocycles. The van der Waals surface area contributed by atoms with Gasteiger partial charge in [-0.15, -0.1) is 0 Å². The van der Waals surface area contributed by atoms with Crippen molar-refractivity contribution in [3.63, 3.8) is 0 Å². The fraction of sp³-hybridized carbons (Fsp3) is 0.0588. The molecule has 0 saturated heterocycles. The molecular weight excluding hydrogens is 406 g/mol. The number of anilines is 2. The Labute approximate surface area is 157 Å². The molecule has 25 heavy (non-hydrogen) atoms. The molecule has 0 unspecified atom stereocenters. The van der Waals surface area contributed by atoms with Crippen LogP contribution in [0.4, 0.5) is 11.6 Å². The minimum Gasteiger partial charge on any atom is -0.422 e. The standard InChI is InChI=1S/C17H11BrClN5O/c1-10-6-12(18)7-14(19)15(10)25-17-22-9-21-16(24-17)23-13-4-2-11(8-20)3-5-13/h2-7,9H,1H3,(H,21,22,23,24). The SMILES string of the molecule is Cc1cc(Br)cc(Cl)c1Oc1ncnc(Nc2ccc(C#N)cc2)n1. The van der Waals surface area contributed by atoms with Gasteiger partial charge in [-0.2, -0.15) is 15.2 Å². The van der Waals surface area contributed by atoms with Crippen LogP contribution in [0.25, 0.3) is 0 Å². The van der Waals surface area contributed by atoms with Crippen LogP contribution in [0.5, 0.6) is 11.8 Å².